The van der Waals surface area contributed by atoms with Crippen LogP contribution in [0, 0.1) is 11.8 Å². The van der Waals surface area contributed by atoms with Crippen LogP contribution in [-0.2, 0) is 38.0 Å². The average molecular weight is 484 g/mol. The van der Waals surface area contributed by atoms with Crippen molar-refractivity contribution in [3.63, 3.8) is 0 Å². The van der Waals surface area contributed by atoms with Crippen LogP contribution in [0.25, 0.3) is 0 Å². The van der Waals surface area contributed by atoms with Crippen LogP contribution in [0.15, 0.2) is 0 Å². The second-order valence-electron chi connectivity index (χ2n) is 8.05. The molecule has 0 saturated carbocycles. The van der Waals surface area contributed by atoms with Crippen LogP contribution in [-0.4, -0.2) is 104 Å². The summed E-state index contributed by atoms with van der Waals surface area (Å²) >= 11 is 0. The number of carbonyl (C=O) groups excluding carboxylic acids is 2. The first-order valence-corrected chi connectivity index (χ1v) is 11.6. The second-order valence-corrected chi connectivity index (χ2v) is 8.05. The molecule has 33 heavy (non-hydrogen) atoms. The van der Waals surface area contributed by atoms with Gasteiger partial charge in [-0.25, -0.2) is 4.39 Å². The van der Waals surface area contributed by atoms with Gasteiger partial charge in [-0.3, -0.25) is 9.59 Å². The third kappa shape index (κ3) is 33.1. The number of halogens is 1. The van der Waals surface area contributed by atoms with Crippen molar-refractivity contribution in [2.45, 2.75) is 40.8 Å². The van der Waals surface area contributed by atoms with E-state index >= 15 is 0 Å². The van der Waals surface area contributed by atoms with E-state index < -0.39 is 6.17 Å². The molecule has 0 aromatic heterocycles. The number of rotatable bonds is 23. The zero-order chi connectivity index (χ0) is 25.2. The van der Waals surface area contributed by atoms with Crippen LogP contribution in [0.3, 0.4) is 0 Å². The summed E-state index contributed by atoms with van der Waals surface area (Å²) in [5, 5.41) is 2.25. The highest BCUT2D eigenvalue weighted by atomic mass is 19.1. The van der Waals surface area contributed by atoms with Crippen molar-refractivity contribution in [3.8, 4) is 0 Å². The normalized spacial score (nSPS) is 11.9. The number of hydrogen-bond donors (Lipinski definition) is 1. The molecule has 9 nitrogen and oxygen atoms in total. The molecule has 0 aliphatic carbocycles. The molecule has 0 radical (unpaired) electrons. The fourth-order valence-corrected chi connectivity index (χ4v) is 1.78. The van der Waals surface area contributed by atoms with Crippen molar-refractivity contribution in [3.05, 3.63) is 0 Å². The SMILES string of the molecule is CC(C)C.CC(C)C(=O)COCCOCCOCCOCCOCCOCC(F)CNC=O. The van der Waals surface area contributed by atoms with E-state index in [2.05, 4.69) is 26.1 Å². The Balaban J connectivity index is 0. The van der Waals surface area contributed by atoms with Crippen LogP contribution >= 0.6 is 0 Å². The predicted octanol–water partition coefficient (Wildman–Crippen LogP) is 2.06. The average Bonchev–Trinajstić information content (AvgIpc) is 2.76. The van der Waals surface area contributed by atoms with Gasteiger partial charge in [0.25, 0.3) is 0 Å². The Morgan fingerprint density at radius 1 is 0.727 bits per heavy atom. The Labute approximate surface area is 198 Å². The van der Waals surface area contributed by atoms with E-state index in [4.69, 9.17) is 28.4 Å². The molecule has 0 heterocycles. The summed E-state index contributed by atoms with van der Waals surface area (Å²) in [6, 6.07) is 0. The molecule has 0 aromatic carbocycles. The van der Waals surface area contributed by atoms with Crippen molar-refractivity contribution in [2.75, 3.05) is 85.8 Å². The van der Waals surface area contributed by atoms with E-state index in [-0.39, 0.29) is 38.1 Å². The van der Waals surface area contributed by atoms with Gasteiger partial charge in [-0.1, -0.05) is 34.6 Å². The molecular formula is C23H46FNO8. The summed E-state index contributed by atoms with van der Waals surface area (Å²) in [5.41, 5.74) is 0. The molecule has 0 rings (SSSR count). The van der Waals surface area contributed by atoms with E-state index in [1.54, 1.807) is 0 Å². The van der Waals surface area contributed by atoms with Crippen molar-refractivity contribution in [1.29, 1.82) is 0 Å². The third-order valence-corrected chi connectivity index (χ3v) is 3.47. The van der Waals surface area contributed by atoms with Crippen molar-refractivity contribution < 1.29 is 42.4 Å². The zero-order valence-corrected chi connectivity index (χ0v) is 21.1. The van der Waals surface area contributed by atoms with E-state index in [9.17, 15) is 14.0 Å². The van der Waals surface area contributed by atoms with Gasteiger partial charge in [-0.05, 0) is 5.92 Å². The molecule has 0 fully saturated rings. The number of nitrogens with one attached hydrogen (secondary N) is 1. The van der Waals surface area contributed by atoms with Crippen molar-refractivity contribution >= 4 is 12.2 Å². The number of alkyl halides is 1. The molecule has 1 amide bonds. The lowest BCUT2D eigenvalue weighted by Crippen LogP contribution is -2.26. The number of ether oxygens (including phenoxy) is 6. The molecule has 10 heteroatoms. The summed E-state index contributed by atoms with van der Waals surface area (Å²) in [5.74, 6) is 0.910. The van der Waals surface area contributed by atoms with Gasteiger partial charge in [-0.15, -0.1) is 0 Å². The van der Waals surface area contributed by atoms with Crippen LogP contribution in [0.5, 0.6) is 0 Å². The number of Topliss-reactive ketones (excluding diaryl/α,β-unsaturated/α-hetero) is 1. The Morgan fingerprint density at radius 3 is 1.45 bits per heavy atom. The van der Waals surface area contributed by atoms with Crippen LogP contribution < -0.4 is 5.32 Å². The second kappa shape index (κ2) is 27.1. The van der Waals surface area contributed by atoms with E-state index in [1.807, 2.05) is 13.8 Å². The largest absolute Gasteiger partial charge is 0.377 e. The molecule has 0 aliphatic heterocycles. The predicted molar refractivity (Wildman–Crippen MR) is 124 cm³/mol. The first-order chi connectivity index (χ1) is 15.8. The molecule has 0 aliphatic rings. The maximum atomic E-state index is 13.1. The molecule has 0 aromatic rings. The number of amides is 1. The number of ketones is 1. The van der Waals surface area contributed by atoms with Gasteiger partial charge < -0.3 is 33.7 Å². The highest BCUT2D eigenvalue weighted by molar-refractivity contribution is 5.81. The molecule has 1 N–H and O–H groups in total. The lowest BCUT2D eigenvalue weighted by atomic mass is 10.1. The lowest BCUT2D eigenvalue weighted by molar-refractivity contribution is -0.127. The monoisotopic (exact) mass is 483 g/mol. The topological polar surface area (TPSA) is 102 Å². The Morgan fingerprint density at radius 2 is 1.09 bits per heavy atom. The van der Waals surface area contributed by atoms with Gasteiger partial charge in [0, 0.05) is 5.92 Å². The van der Waals surface area contributed by atoms with E-state index in [0.717, 1.165) is 5.92 Å². The van der Waals surface area contributed by atoms with Crippen LogP contribution in [0.2, 0.25) is 0 Å². The fourth-order valence-electron chi connectivity index (χ4n) is 1.78. The molecule has 0 saturated heterocycles. The molecule has 0 bridgehead atoms. The minimum Gasteiger partial charge on any atom is -0.377 e. The Bertz CT molecular complexity index is 425. The molecule has 198 valence electrons. The van der Waals surface area contributed by atoms with Gasteiger partial charge in [0.15, 0.2) is 5.78 Å². The molecule has 1 atom stereocenters. The van der Waals surface area contributed by atoms with E-state index in [1.165, 1.54) is 0 Å². The highest BCUT2D eigenvalue weighted by Crippen LogP contribution is 1.94. The van der Waals surface area contributed by atoms with Crippen LogP contribution in [0.4, 0.5) is 4.39 Å². The van der Waals surface area contributed by atoms with Gasteiger partial charge in [0.2, 0.25) is 6.41 Å². The fraction of sp³-hybridized carbons (Fsp3) is 0.913. The lowest BCUT2D eigenvalue weighted by Gasteiger charge is -2.09. The van der Waals surface area contributed by atoms with Gasteiger partial charge in [0.1, 0.15) is 12.8 Å². The smallest absolute Gasteiger partial charge is 0.207 e. The van der Waals surface area contributed by atoms with Crippen molar-refractivity contribution in [1.82, 2.24) is 5.32 Å². The third-order valence-electron chi connectivity index (χ3n) is 3.47. The van der Waals surface area contributed by atoms with Gasteiger partial charge >= 0.3 is 0 Å². The minimum absolute atomic E-state index is 0.00821. The molecule has 0 spiro atoms. The van der Waals surface area contributed by atoms with Crippen LogP contribution in [0.1, 0.15) is 34.6 Å². The first kappa shape index (κ1) is 34.0. The zero-order valence-electron chi connectivity index (χ0n) is 21.1. The first-order valence-electron chi connectivity index (χ1n) is 11.6. The maximum Gasteiger partial charge on any atom is 0.207 e. The summed E-state index contributed by atoms with van der Waals surface area (Å²) in [4.78, 5) is 21.3. The standard InChI is InChI=1S/C19H36FNO8.C4H10/c1-17(2)19(23)15-29-12-10-27-8-6-25-4-3-24-5-7-26-9-11-28-14-18(20)13-21-16-22;1-4(2)3/h16-18H,3-15H2,1-2H3,(H,21,22);4H,1-3H3. The van der Waals surface area contributed by atoms with E-state index in [0.29, 0.717) is 65.9 Å². The highest BCUT2D eigenvalue weighted by Gasteiger charge is 2.06. The maximum absolute atomic E-state index is 13.1. The Hall–Kier alpha value is -1.17. The van der Waals surface area contributed by atoms with Crippen molar-refractivity contribution in [2.24, 2.45) is 11.8 Å². The van der Waals surface area contributed by atoms with Gasteiger partial charge in [-0.2, -0.15) is 0 Å². The Kier molecular flexibility index (Phi) is 27.9. The number of carbonyl (C=O) groups is 2. The summed E-state index contributed by atoms with van der Waals surface area (Å²) in [6.45, 7) is 14.3. The summed E-state index contributed by atoms with van der Waals surface area (Å²) < 4.78 is 44.7. The van der Waals surface area contributed by atoms with Gasteiger partial charge in [0.05, 0.1) is 79.2 Å². The summed E-state index contributed by atoms with van der Waals surface area (Å²) in [7, 11) is 0. The molecule has 1 unspecified atom stereocenters. The quantitative estimate of drug-likeness (QED) is 0.174. The minimum atomic E-state index is -1.22. The molecular weight excluding hydrogens is 437 g/mol. The summed E-state index contributed by atoms with van der Waals surface area (Å²) in [6.07, 6.45) is -0.770. The number of hydrogen-bond acceptors (Lipinski definition) is 8.